The van der Waals surface area contributed by atoms with Gasteiger partial charge in [0.2, 0.25) is 0 Å². The van der Waals surface area contributed by atoms with E-state index >= 15 is 0 Å². The van der Waals surface area contributed by atoms with Crippen LogP contribution in [0, 0.1) is 0 Å². The Kier molecular flexibility index (Phi) is 8.93. The minimum atomic E-state index is -0.483. The molecule has 1 amide bonds. The highest BCUT2D eigenvalue weighted by Gasteiger charge is 2.49. The monoisotopic (exact) mass is 299 g/mol. The molecule has 0 aliphatic carbocycles. The first kappa shape index (κ1) is 18.4. The molecule has 21 heavy (non-hydrogen) atoms. The number of carbonyl (C=O) groups excluding carboxylic acids is 1. The predicted molar refractivity (Wildman–Crippen MR) is 85.2 cm³/mol. The number of hydrogen-bond donors (Lipinski definition) is 1. The summed E-state index contributed by atoms with van der Waals surface area (Å²) in [4.78, 5) is 13.2. The van der Waals surface area contributed by atoms with Gasteiger partial charge in [-0.1, -0.05) is 64.7 Å². The minimum absolute atomic E-state index is 0.0360. The van der Waals surface area contributed by atoms with Crippen molar-refractivity contribution in [3.8, 4) is 0 Å². The number of ether oxygens (including phenoxy) is 1. The standard InChI is InChI=1S/C17H33NO3/c1-4-5-6-7-8-9-10-11-12-13-14(19)15-16(21-15)17(20)18(2)3/h14-16,19H,4-13H2,1-3H3/t14-,15+,16+/m0/s1. The molecular formula is C17H33NO3. The first-order valence-electron chi connectivity index (χ1n) is 8.62. The van der Waals surface area contributed by atoms with Crippen molar-refractivity contribution in [3.05, 3.63) is 0 Å². The van der Waals surface area contributed by atoms with Crippen LogP contribution in [0.5, 0.6) is 0 Å². The first-order chi connectivity index (χ1) is 10.1. The third kappa shape index (κ3) is 7.28. The van der Waals surface area contributed by atoms with E-state index in [0.717, 1.165) is 12.8 Å². The van der Waals surface area contributed by atoms with Crippen molar-refractivity contribution in [2.75, 3.05) is 14.1 Å². The number of aliphatic hydroxyl groups is 1. The van der Waals surface area contributed by atoms with Gasteiger partial charge in [0.25, 0.3) is 5.91 Å². The van der Waals surface area contributed by atoms with Crippen LogP contribution in [-0.4, -0.2) is 48.3 Å². The molecule has 1 N–H and O–H groups in total. The third-order valence-electron chi connectivity index (χ3n) is 4.19. The molecule has 124 valence electrons. The number of rotatable bonds is 12. The third-order valence-corrected chi connectivity index (χ3v) is 4.19. The Hall–Kier alpha value is -0.610. The molecule has 0 unspecified atom stereocenters. The summed E-state index contributed by atoms with van der Waals surface area (Å²) in [6, 6.07) is 0. The molecule has 0 aromatic rings. The van der Waals surface area contributed by atoms with E-state index in [1.54, 1.807) is 14.1 Å². The summed E-state index contributed by atoms with van der Waals surface area (Å²) in [7, 11) is 3.43. The molecule has 0 saturated carbocycles. The van der Waals surface area contributed by atoms with E-state index in [1.165, 1.54) is 56.3 Å². The second kappa shape index (κ2) is 10.2. The first-order valence-corrected chi connectivity index (χ1v) is 8.62. The molecule has 1 rings (SSSR count). The molecule has 0 radical (unpaired) electrons. The van der Waals surface area contributed by atoms with Crippen molar-refractivity contribution in [2.24, 2.45) is 0 Å². The highest BCUT2D eigenvalue weighted by molar-refractivity contribution is 5.83. The van der Waals surface area contributed by atoms with E-state index in [1.807, 2.05) is 0 Å². The molecule has 1 saturated heterocycles. The fraction of sp³-hybridized carbons (Fsp3) is 0.941. The maximum absolute atomic E-state index is 11.6. The second-order valence-corrected chi connectivity index (χ2v) is 6.44. The summed E-state index contributed by atoms with van der Waals surface area (Å²) >= 11 is 0. The van der Waals surface area contributed by atoms with Crippen LogP contribution in [0.1, 0.15) is 71.1 Å². The van der Waals surface area contributed by atoms with E-state index in [0.29, 0.717) is 0 Å². The van der Waals surface area contributed by atoms with Crippen LogP contribution >= 0.6 is 0 Å². The van der Waals surface area contributed by atoms with E-state index in [-0.39, 0.29) is 12.0 Å². The van der Waals surface area contributed by atoms with E-state index in [4.69, 9.17) is 4.74 Å². The van der Waals surface area contributed by atoms with Gasteiger partial charge in [-0.2, -0.15) is 0 Å². The van der Waals surface area contributed by atoms with Crippen LogP contribution in [0.3, 0.4) is 0 Å². The summed E-state index contributed by atoms with van der Waals surface area (Å²) in [6.07, 6.45) is 11.1. The molecule has 1 aliphatic rings. The van der Waals surface area contributed by atoms with Gasteiger partial charge in [0.05, 0.1) is 6.10 Å². The van der Waals surface area contributed by atoms with Gasteiger partial charge >= 0.3 is 0 Å². The van der Waals surface area contributed by atoms with E-state index in [2.05, 4.69) is 6.92 Å². The summed E-state index contributed by atoms with van der Waals surface area (Å²) < 4.78 is 5.29. The lowest BCUT2D eigenvalue weighted by atomic mass is 10.0. The molecule has 4 nitrogen and oxygen atoms in total. The molecule has 1 heterocycles. The Bertz CT molecular complexity index is 294. The van der Waals surface area contributed by atoms with Crippen molar-refractivity contribution < 1.29 is 14.6 Å². The minimum Gasteiger partial charge on any atom is -0.390 e. The fourth-order valence-electron chi connectivity index (χ4n) is 2.70. The number of nitrogens with zero attached hydrogens (tertiary/aromatic N) is 1. The number of amides is 1. The van der Waals surface area contributed by atoms with Gasteiger partial charge < -0.3 is 14.7 Å². The van der Waals surface area contributed by atoms with Crippen LogP contribution in [0.4, 0.5) is 0 Å². The van der Waals surface area contributed by atoms with E-state index < -0.39 is 12.2 Å². The highest BCUT2D eigenvalue weighted by atomic mass is 16.6. The van der Waals surface area contributed by atoms with Crippen molar-refractivity contribution in [3.63, 3.8) is 0 Å². The average molecular weight is 299 g/mol. The molecule has 0 spiro atoms. The summed E-state index contributed by atoms with van der Waals surface area (Å²) in [6.45, 7) is 2.24. The van der Waals surface area contributed by atoms with Crippen LogP contribution < -0.4 is 0 Å². The van der Waals surface area contributed by atoms with Crippen molar-refractivity contribution in [1.82, 2.24) is 4.90 Å². The van der Waals surface area contributed by atoms with Gasteiger partial charge in [-0.15, -0.1) is 0 Å². The Morgan fingerprint density at radius 3 is 2.10 bits per heavy atom. The quantitative estimate of drug-likeness (QED) is 0.445. The molecular weight excluding hydrogens is 266 g/mol. The summed E-state index contributed by atoms with van der Waals surface area (Å²) in [5.74, 6) is -0.0360. The summed E-state index contributed by atoms with van der Waals surface area (Å²) in [5.41, 5.74) is 0. The lowest BCUT2D eigenvalue weighted by Crippen LogP contribution is -2.30. The number of aliphatic hydroxyl groups excluding tert-OH is 1. The molecule has 1 fully saturated rings. The zero-order valence-electron chi connectivity index (χ0n) is 14.0. The predicted octanol–water partition coefficient (Wildman–Crippen LogP) is 3.12. The van der Waals surface area contributed by atoms with Crippen molar-refractivity contribution in [2.45, 2.75) is 89.4 Å². The SMILES string of the molecule is CCCCCCCCCCC[C@H](O)[C@H]1O[C@H]1C(=O)N(C)C. The van der Waals surface area contributed by atoms with Gasteiger partial charge in [0, 0.05) is 14.1 Å². The number of carbonyl (C=O) groups is 1. The Labute approximate surface area is 129 Å². The second-order valence-electron chi connectivity index (χ2n) is 6.44. The Morgan fingerprint density at radius 1 is 1.05 bits per heavy atom. The molecule has 4 heteroatoms. The van der Waals surface area contributed by atoms with Crippen molar-refractivity contribution >= 4 is 5.91 Å². The largest absolute Gasteiger partial charge is 0.390 e. The van der Waals surface area contributed by atoms with Crippen molar-refractivity contribution in [1.29, 1.82) is 0 Å². The molecule has 3 atom stereocenters. The topological polar surface area (TPSA) is 53.1 Å². The van der Waals surface area contributed by atoms with Crippen LogP contribution in [0.15, 0.2) is 0 Å². The van der Waals surface area contributed by atoms with Crippen LogP contribution in [-0.2, 0) is 9.53 Å². The molecule has 0 aromatic carbocycles. The fourth-order valence-corrected chi connectivity index (χ4v) is 2.70. The maximum Gasteiger partial charge on any atom is 0.254 e. The Balaban J connectivity index is 1.93. The molecule has 1 aliphatic heterocycles. The van der Waals surface area contributed by atoms with Gasteiger partial charge in [-0.3, -0.25) is 4.79 Å². The summed E-state index contributed by atoms with van der Waals surface area (Å²) in [5, 5.41) is 9.99. The zero-order valence-corrected chi connectivity index (χ0v) is 14.0. The van der Waals surface area contributed by atoms with Crippen LogP contribution in [0.2, 0.25) is 0 Å². The number of epoxide rings is 1. The molecule has 0 aromatic heterocycles. The van der Waals surface area contributed by atoms with Gasteiger partial charge in [-0.25, -0.2) is 0 Å². The number of unbranched alkanes of at least 4 members (excludes halogenated alkanes) is 8. The van der Waals surface area contributed by atoms with Gasteiger partial charge in [0.1, 0.15) is 6.10 Å². The van der Waals surface area contributed by atoms with Gasteiger partial charge in [0.15, 0.2) is 6.10 Å². The lowest BCUT2D eigenvalue weighted by molar-refractivity contribution is -0.130. The highest BCUT2D eigenvalue weighted by Crippen LogP contribution is 2.29. The molecule has 0 bridgehead atoms. The average Bonchev–Trinajstić information content (AvgIpc) is 3.24. The zero-order chi connectivity index (χ0) is 15.7. The number of likely N-dealkylation sites (N-methyl/N-ethyl adjacent to an activating group) is 1. The Morgan fingerprint density at radius 2 is 1.57 bits per heavy atom. The number of hydrogen-bond acceptors (Lipinski definition) is 3. The normalized spacial score (nSPS) is 22.1. The van der Waals surface area contributed by atoms with E-state index in [9.17, 15) is 9.90 Å². The smallest absolute Gasteiger partial charge is 0.254 e. The van der Waals surface area contributed by atoms with Gasteiger partial charge in [-0.05, 0) is 6.42 Å². The van der Waals surface area contributed by atoms with Crippen LogP contribution in [0.25, 0.3) is 0 Å². The lowest BCUT2D eigenvalue weighted by Gasteiger charge is -2.09. The maximum atomic E-state index is 11.6.